The summed E-state index contributed by atoms with van der Waals surface area (Å²) in [7, 11) is 0. The fraction of sp³-hybridized carbons (Fsp3) is 0.533. The average Bonchev–Trinajstić information content (AvgIpc) is 3.42. The van der Waals surface area contributed by atoms with Crippen molar-refractivity contribution >= 4 is 5.57 Å². The molecule has 0 N–H and O–H groups in total. The van der Waals surface area contributed by atoms with Crippen LogP contribution in [-0.4, -0.2) is 39.5 Å². The minimum absolute atomic E-state index is 0.0125. The molecule has 1 aromatic rings. The number of nitrogens with zero attached hydrogens (tertiary/aromatic N) is 3. The Labute approximate surface area is 126 Å². The first-order chi connectivity index (χ1) is 10.7. The van der Waals surface area contributed by atoms with E-state index in [0.717, 1.165) is 17.4 Å². The molecule has 4 rings (SSSR count). The second-order valence-corrected chi connectivity index (χ2v) is 5.59. The topological polar surface area (TPSA) is 82.0 Å². The molecule has 3 heterocycles. The van der Waals surface area contributed by atoms with Crippen LogP contribution in [0.1, 0.15) is 18.7 Å². The molecule has 7 nitrogen and oxygen atoms in total. The van der Waals surface area contributed by atoms with Crippen molar-refractivity contribution in [3.63, 3.8) is 0 Å². The van der Waals surface area contributed by atoms with Crippen molar-refractivity contribution in [3.8, 4) is 11.8 Å². The molecule has 2 fully saturated rings. The molecule has 1 aromatic heterocycles. The van der Waals surface area contributed by atoms with Crippen molar-refractivity contribution in [1.82, 2.24) is 14.1 Å². The van der Waals surface area contributed by atoms with Crippen LogP contribution in [0.15, 0.2) is 15.7 Å². The largest absolute Gasteiger partial charge is 0.371 e. The summed E-state index contributed by atoms with van der Waals surface area (Å²) in [5.41, 5.74) is -0.262. The van der Waals surface area contributed by atoms with Crippen molar-refractivity contribution < 1.29 is 9.47 Å². The normalized spacial score (nSPS) is 25.2. The van der Waals surface area contributed by atoms with Crippen LogP contribution in [0.25, 0.3) is 5.57 Å². The summed E-state index contributed by atoms with van der Waals surface area (Å²) in [5, 5.41) is 0. The number of epoxide rings is 2. The summed E-state index contributed by atoms with van der Waals surface area (Å²) < 4.78 is 13.0. The maximum atomic E-state index is 12.7. The van der Waals surface area contributed by atoms with Crippen LogP contribution in [0.4, 0.5) is 0 Å². The van der Waals surface area contributed by atoms with Gasteiger partial charge in [-0.15, -0.1) is 0 Å². The Balaban J connectivity index is 1.82. The zero-order valence-electron chi connectivity index (χ0n) is 11.9. The van der Waals surface area contributed by atoms with E-state index >= 15 is 0 Å². The standard InChI is InChI=1S/C15H15N3O4/c19-14-16-13(10-4-2-1-3-5-10)17(6-11-8-21-11)15(20)18(14)7-12-9-22-12/h4,11-12H,1-2,6-9H2. The third kappa shape index (κ3) is 2.63. The van der Waals surface area contributed by atoms with E-state index in [1.165, 1.54) is 4.57 Å². The molecule has 0 bridgehead atoms. The quantitative estimate of drug-likeness (QED) is 0.535. The van der Waals surface area contributed by atoms with E-state index in [9.17, 15) is 9.59 Å². The second-order valence-electron chi connectivity index (χ2n) is 5.59. The van der Waals surface area contributed by atoms with Gasteiger partial charge < -0.3 is 9.47 Å². The highest BCUT2D eigenvalue weighted by molar-refractivity contribution is 5.76. The first-order valence-electron chi connectivity index (χ1n) is 7.36. The van der Waals surface area contributed by atoms with Gasteiger partial charge in [-0.3, -0.25) is 4.57 Å². The minimum Gasteiger partial charge on any atom is -0.371 e. The van der Waals surface area contributed by atoms with E-state index in [0.29, 0.717) is 31.2 Å². The van der Waals surface area contributed by atoms with Crippen LogP contribution < -0.4 is 11.4 Å². The highest BCUT2D eigenvalue weighted by Crippen LogP contribution is 2.17. The summed E-state index contributed by atoms with van der Waals surface area (Å²) >= 11 is 0. The SMILES string of the molecule is O=c1nc(C2=CCCC#C2)n(CC2CO2)c(=O)n1CC1CO1. The zero-order valence-corrected chi connectivity index (χ0v) is 11.9. The van der Waals surface area contributed by atoms with Gasteiger partial charge in [0.2, 0.25) is 0 Å². The molecule has 2 atom stereocenters. The Hall–Kier alpha value is -2.17. The van der Waals surface area contributed by atoms with Gasteiger partial charge in [0.25, 0.3) is 0 Å². The Bertz CT molecular complexity index is 816. The summed E-state index contributed by atoms with van der Waals surface area (Å²) in [6, 6.07) is 0. The Morgan fingerprint density at radius 1 is 1.18 bits per heavy atom. The molecular formula is C15H15N3O4. The second kappa shape index (κ2) is 5.23. The third-order valence-corrected chi connectivity index (χ3v) is 3.81. The number of hydrogen-bond acceptors (Lipinski definition) is 5. The van der Waals surface area contributed by atoms with E-state index in [4.69, 9.17) is 9.47 Å². The van der Waals surface area contributed by atoms with E-state index in [-0.39, 0.29) is 24.4 Å². The van der Waals surface area contributed by atoms with Gasteiger partial charge in [-0.2, -0.15) is 4.98 Å². The van der Waals surface area contributed by atoms with Gasteiger partial charge in [0.15, 0.2) is 5.82 Å². The first kappa shape index (κ1) is 13.5. The molecule has 0 amide bonds. The number of aromatic nitrogens is 3. The Morgan fingerprint density at radius 2 is 1.86 bits per heavy atom. The molecule has 1 aliphatic carbocycles. The fourth-order valence-electron chi connectivity index (χ4n) is 2.45. The molecule has 0 radical (unpaired) electrons. The molecule has 0 spiro atoms. The lowest BCUT2D eigenvalue weighted by Crippen LogP contribution is -2.44. The zero-order chi connectivity index (χ0) is 15.1. The van der Waals surface area contributed by atoms with Crippen molar-refractivity contribution in [3.05, 3.63) is 32.9 Å². The van der Waals surface area contributed by atoms with Crippen LogP contribution in [0.3, 0.4) is 0 Å². The lowest BCUT2D eigenvalue weighted by molar-refractivity contribution is 0.354. The van der Waals surface area contributed by atoms with Crippen LogP contribution in [0.5, 0.6) is 0 Å². The summed E-state index contributed by atoms with van der Waals surface area (Å²) in [4.78, 5) is 29.0. The number of allylic oxidation sites excluding steroid dienone is 2. The Kier molecular flexibility index (Phi) is 3.21. The molecule has 7 heteroatoms. The number of rotatable bonds is 5. The van der Waals surface area contributed by atoms with Gasteiger partial charge in [-0.1, -0.05) is 17.9 Å². The van der Waals surface area contributed by atoms with Crippen LogP contribution in [0, 0.1) is 11.8 Å². The van der Waals surface area contributed by atoms with Crippen molar-refractivity contribution in [2.24, 2.45) is 0 Å². The molecule has 2 aliphatic heterocycles. The van der Waals surface area contributed by atoms with E-state index in [1.54, 1.807) is 0 Å². The molecule has 114 valence electrons. The van der Waals surface area contributed by atoms with Gasteiger partial charge >= 0.3 is 11.4 Å². The third-order valence-electron chi connectivity index (χ3n) is 3.81. The van der Waals surface area contributed by atoms with E-state index in [1.807, 2.05) is 6.08 Å². The van der Waals surface area contributed by atoms with Crippen molar-refractivity contribution in [2.75, 3.05) is 13.2 Å². The summed E-state index contributed by atoms with van der Waals surface area (Å²) in [5.74, 6) is 6.32. The predicted molar refractivity (Wildman–Crippen MR) is 77.2 cm³/mol. The molecule has 3 aliphatic rings. The predicted octanol–water partition coefficient (Wildman–Crippen LogP) is -0.617. The molecule has 2 saturated heterocycles. The maximum Gasteiger partial charge on any atom is 0.353 e. The number of ether oxygens (including phenoxy) is 2. The lowest BCUT2D eigenvalue weighted by Gasteiger charge is -2.13. The highest BCUT2D eigenvalue weighted by Gasteiger charge is 2.29. The van der Waals surface area contributed by atoms with Gasteiger partial charge in [0.1, 0.15) is 0 Å². The van der Waals surface area contributed by atoms with E-state index < -0.39 is 5.69 Å². The smallest absolute Gasteiger partial charge is 0.353 e. The van der Waals surface area contributed by atoms with E-state index in [2.05, 4.69) is 16.8 Å². The minimum atomic E-state index is -0.545. The van der Waals surface area contributed by atoms with Gasteiger partial charge in [0.05, 0.1) is 44.1 Å². The van der Waals surface area contributed by atoms with Crippen molar-refractivity contribution in [2.45, 2.75) is 38.1 Å². The molecular weight excluding hydrogens is 286 g/mol. The summed E-state index contributed by atoms with van der Waals surface area (Å²) in [6.07, 6.45) is 3.47. The van der Waals surface area contributed by atoms with Crippen molar-refractivity contribution in [1.29, 1.82) is 0 Å². The molecule has 0 aromatic carbocycles. The molecule has 2 unspecified atom stereocenters. The maximum absolute atomic E-state index is 12.7. The van der Waals surface area contributed by atoms with Crippen LogP contribution >= 0.6 is 0 Å². The van der Waals surface area contributed by atoms with Gasteiger partial charge in [-0.05, 0) is 6.42 Å². The lowest BCUT2D eigenvalue weighted by atomic mass is 10.1. The Morgan fingerprint density at radius 3 is 2.45 bits per heavy atom. The highest BCUT2D eigenvalue weighted by atomic mass is 16.6. The van der Waals surface area contributed by atoms with Crippen LogP contribution in [0.2, 0.25) is 0 Å². The summed E-state index contributed by atoms with van der Waals surface area (Å²) in [6.45, 7) is 1.85. The van der Waals surface area contributed by atoms with Crippen LogP contribution in [-0.2, 0) is 22.6 Å². The average molecular weight is 301 g/mol. The van der Waals surface area contributed by atoms with Gasteiger partial charge in [-0.25, -0.2) is 14.2 Å². The number of hydrogen-bond donors (Lipinski definition) is 0. The molecule has 0 saturated carbocycles. The monoisotopic (exact) mass is 301 g/mol. The fourth-order valence-corrected chi connectivity index (χ4v) is 2.45. The van der Waals surface area contributed by atoms with Gasteiger partial charge in [0, 0.05) is 6.42 Å². The first-order valence-corrected chi connectivity index (χ1v) is 7.36. The molecule has 22 heavy (non-hydrogen) atoms.